The standard InChI is InChI=1S/C49H33Cl2N3O/c50-33-29-30-39-45(31-33)54(42-24-10-7-21-38(42)49(39)40-22-8-11-27-46(40)55-47-28-12-9-23-41(47)49)44-26-14-25-43(48(44)51)53(36-18-5-2-6-19-36)37-20-13-17-35(32-37)52-34-15-3-1-4-16-34/h1-32,52H. The number of hydrogen-bond acceptors (Lipinski definition) is 4. The number of benzene rings is 8. The smallest absolute Gasteiger partial charge is 0.132 e. The summed E-state index contributed by atoms with van der Waals surface area (Å²) in [5.41, 5.74) is 11.2. The van der Waals surface area contributed by atoms with Gasteiger partial charge in [0.05, 0.1) is 33.2 Å². The second-order valence-electron chi connectivity index (χ2n) is 13.7. The number of nitrogens with one attached hydrogen (secondary N) is 1. The summed E-state index contributed by atoms with van der Waals surface area (Å²) in [5.74, 6) is 1.65. The van der Waals surface area contributed by atoms with Gasteiger partial charge in [0.1, 0.15) is 11.5 Å². The molecule has 8 aromatic rings. The number of fused-ring (bicyclic) bond motifs is 8. The molecule has 0 amide bonds. The van der Waals surface area contributed by atoms with Crippen molar-refractivity contribution >= 4 is 68.7 Å². The van der Waals surface area contributed by atoms with E-state index in [9.17, 15) is 0 Å². The summed E-state index contributed by atoms with van der Waals surface area (Å²) in [7, 11) is 0. The first-order chi connectivity index (χ1) is 27.1. The minimum atomic E-state index is -0.690. The van der Waals surface area contributed by atoms with Gasteiger partial charge in [0, 0.05) is 38.9 Å². The van der Waals surface area contributed by atoms with E-state index in [1.807, 2.05) is 54.6 Å². The predicted octanol–water partition coefficient (Wildman–Crippen LogP) is 14.5. The zero-order valence-corrected chi connectivity index (χ0v) is 31.0. The molecule has 264 valence electrons. The van der Waals surface area contributed by atoms with Crippen LogP contribution >= 0.6 is 23.2 Å². The van der Waals surface area contributed by atoms with Crippen LogP contribution in [0.15, 0.2) is 194 Å². The maximum absolute atomic E-state index is 7.77. The summed E-state index contributed by atoms with van der Waals surface area (Å²) in [6.45, 7) is 0. The van der Waals surface area contributed by atoms with Gasteiger partial charge >= 0.3 is 0 Å². The molecule has 0 radical (unpaired) electrons. The van der Waals surface area contributed by atoms with E-state index in [1.54, 1.807) is 0 Å². The van der Waals surface area contributed by atoms with Crippen LogP contribution in [-0.2, 0) is 5.41 Å². The molecule has 2 heterocycles. The zero-order valence-electron chi connectivity index (χ0n) is 29.5. The van der Waals surface area contributed by atoms with Gasteiger partial charge in [-0.1, -0.05) is 132 Å². The molecule has 0 unspecified atom stereocenters. The van der Waals surface area contributed by atoms with Crippen molar-refractivity contribution in [3.8, 4) is 11.5 Å². The quantitative estimate of drug-likeness (QED) is 0.183. The van der Waals surface area contributed by atoms with Gasteiger partial charge in [0.2, 0.25) is 0 Å². The molecule has 0 aromatic heterocycles. The Bertz CT molecular complexity index is 2670. The highest BCUT2D eigenvalue weighted by molar-refractivity contribution is 6.37. The van der Waals surface area contributed by atoms with Gasteiger partial charge in [0.25, 0.3) is 0 Å². The van der Waals surface area contributed by atoms with E-state index in [0.717, 1.165) is 79.3 Å². The van der Waals surface area contributed by atoms with Crippen LogP contribution in [0.5, 0.6) is 11.5 Å². The van der Waals surface area contributed by atoms with Crippen LogP contribution in [0.1, 0.15) is 22.3 Å². The summed E-state index contributed by atoms with van der Waals surface area (Å²) < 4.78 is 6.59. The molecule has 6 heteroatoms. The summed E-state index contributed by atoms with van der Waals surface area (Å²) >= 11 is 14.7. The third-order valence-corrected chi connectivity index (χ3v) is 11.2. The first-order valence-electron chi connectivity index (χ1n) is 18.2. The predicted molar refractivity (Wildman–Crippen MR) is 227 cm³/mol. The van der Waals surface area contributed by atoms with Crippen LogP contribution in [0.25, 0.3) is 0 Å². The Morgan fingerprint density at radius 3 is 1.76 bits per heavy atom. The molecule has 10 rings (SSSR count). The van der Waals surface area contributed by atoms with Gasteiger partial charge in [0.15, 0.2) is 0 Å². The lowest BCUT2D eigenvalue weighted by Gasteiger charge is -2.48. The number of ether oxygens (including phenoxy) is 1. The summed E-state index contributed by atoms with van der Waals surface area (Å²) in [6.07, 6.45) is 0. The van der Waals surface area contributed by atoms with E-state index in [0.29, 0.717) is 10.0 Å². The van der Waals surface area contributed by atoms with Crippen LogP contribution in [0.3, 0.4) is 0 Å². The zero-order chi connectivity index (χ0) is 36.9. The lowest BCUT2D eigenvalue weighted by atomic mass is 9.61. The Morgan fingerprint density at radius 2 is 1.02 bits per heavy atom. The molecule has 0 bridgehead atoms. The highest BCUT2D eigenvalue weighted by Gasteiger charge is 2.51. The second kappa shape index (κ2) is 13.4. The van der Waals surface area contributed by atoms with E-state index in [2.05, 4.69) is 155 Å². The van der Waals surface area contributed by atoms with Gasteiger partial charge in [-0.3, -0.25) is 0 Å². The SMILES string of the molecule is Clc1ccc2c(c1)N(c1cccc(N(c3ccccc3)c3cccc(Nc4ccccc4)c3)c1Cl)c1ccccc1C21c2ccccc2Oc2ccccc21. The third kappa shape index (κ3) is 5.37. The number of nitrogens with zero attached hydrogens (tertiary/aromatic N) is 2. The van der Waals surface area contributed by atoms with E-state index >= 15 is 0 Å². The van der Waals surface area contributed by atoms with E-state index in [-0.39, 0.29) is 0 Å². The lowest BCUT2D eigenvalue weighted by molar-refractivity contribution is 0.434. The van der Waals surface area contributed by atoms with Crippen LogP contribution in [0, 0.1) is 0 Å². The molecule has 8 aromatic carbocycles. The molecule has 0 saturated carbocycles. The van der Waals surface area contributed by atoms with Crippen molar-refractivity contribution in [1.82, 2.24) is 0 Å². The molecule has 0 aliphatic carbocycles. The molecular formula is C49H33Cl2N3O. The molecule has 1 spiro atoms. The summed E-state index contributed by atoms with van der Waals surface area (Å²) in [5, 5.41) is 4.79. The number of rotatable bonds is 6. The third-order valence-electron chi connectivity index (χ3n) is 10.6. The minimum Gasteiger partial charge on any atom is -0.457 e. The fraction of sp³-hybridized carbons (Fsp3) is 0.0204. The molecule has 2 aliphatic heterocycles. The number of hydrogen-bond donors (Lipinski definition) is 1. The second-order valence-corrected chi connectivity index (χ2v) is 14.5. The monoisotopic (exact) mass is 749 g/mol. The van der Waals surface area contributed by atoms with Gasteiger partial charge in [-0.25, -0.2) is 0 Å². The normalized spacial score (nSPS) is 13.2. The summed E-state index contributed by atoms with van der Waals surface area (Å²) in [6, 6.07) is 66.7. The van der Waals surface area contributed by atoms with Crippen molar-refractivity contribution in [2.24, 2.45) is 0 Å². The average Bonchev–Trinajstić information content (AvgIpc) is 3.23. The van der Waals surface area contributed by atoms with Crippen LogP contribution in [0.4, 0.5) is 45.5 Å². The van der Waals surface area contributed by atoms with Crippen LogP contribution in [0.2, 0.25) is 10.0 Å². The van der Waals surface area contributed by atoms with E-state index < -0.39 is 5.41 Å². The van der Waals surface area contributed by atoms with Gasteiger partial charge in [-0.05, 0) is 96.1 Å². The van der Waals surface area contributed by atoms with Gasteiger partial charge < -0.3 is 19.9 Å². The van der Waals surface area contributed by atoms with Crippen molar-refractivity contribution in [3.05, 3.63) is 226 Å². The first-order valence-corrected chi connectivity index (χ1v) is 19.0. The first kappa shape index (κ1) is 33.1. The Kier molecular flexibility index (Phi) is 8.09. The minimum absolute atomic E-state index is 0.595. The van der Waals surface area contributed by atoms with E-state index in [4.69, 9.17) is 27.9 Å². The van der Waals surface area contributed by atoms with Crippen LogP contribution in [-0.4, -0.2) is 0 Å². The molecular weight excluding hydrogens is 717 g/mol. The average molecular weight is 751 g/mol. The van der Waals surface area contributed by atoms with Crippen molar-refractivity contribution in [3.63, 3.8) is 0 Å². The Labute approximate surface area is 330 Å². The van der Waals surface area contributed by atoms with Gasteiger partial charge in [-0.2, -0.15) is 0 Å². The fourth-order valence-corrected chi connectivity index (χ4v) is 8.83. The van der Waals surface area contributed by atoms with Crippen LogP contribution < -0.4 is 19.9 Å². The molecule has 1 N–H and O–H groups in total. The maximum atomic E-state index is 7.77. The maximum Gasteiger partial charge on any atom is 0.132 e. The summed E-state index contributed by atoms with van der Waals surface area (Å²) in [4.78, 5) is 4.48. The molecule has 2 aliphatic rings. The topological polar surface area (TPSA) is 27.7 Å². The Balaban J connectivity index is 1.19. The lowest BCUT2D eigenvalue weighted by Crippen LogP contribution is -2.39. The molecule has 4 nitrogen and oxygen atoms in total. The number of halogens is 2. The highest BCUT2D eigenvalue weighted by Crippen LogP contribution is 2.63. The molecule has 0 fully saturated rings. The largest absolute Gasteiger partial charge is 0.457 e. The van der Waals surface area contributed by atoms with Gasteiger partial charge in [-0.15, -0.1) is 0 Å². The fourth-order valence-electron chi connectivity index (χ4n) is 8.37. The van der Waals surface area contributed by atoms with Crippen molar-refractivity contribution in [2.75, 3.05) is 15.1 Å². The van der Waals surface area contributed by atoms with E-state index in [1.165, 1.54) is 0 Å². The molecule has 0 saturated heterocycles. The van der Waals surface area contributed by atoms with Crippen molar-refractivity contribution < 1.29 is 4.74 Å². The molecule has 0 atom stereocenters. The highest BCUT2D eigenvalue weighted by atomic mass is 35.5. The number of para-hydroxylation sites is 5. The Hall–Kier alpha value is -6.46. The van der Waals surface area contributed by atoms with Crippen molar-refractivity contribution in [1.29, 1.82) is 0 Å². The van der Waals surface area contributed by atoms with Crippen molar-refractivity contribution in [2.45, 2.75) is 5.41 Å². The Morgan fingerprint density at radius 1 is 0.455 bits per heavy atom. The number of anilines is 8. The molecule has 55 heavy (non-hydrogen) atoms.